The van der Waals surface area contributed by atoms with Crippen molar-refractivity contribution in [3.8, 4) is 0 Å². The number of nitrogens with two attached hydrogens (primary N) is 1. The maximum Gasteiger partial charge on any atom is 0.368 e. The van der Waals surface area contributed by atoms with Gasteiger partial charge in [0, 0.05) is 0 Å². The van der Waals surface area contributed by atoms with Crippen LogP contribution in [-0.4, -0.2) is 82.4 Å². The van der Waals surface area contributed by atoms with E-state index in [1.165, 1.54) is 17.8 Å². The minimum atomic E-state index is -5.13. The number of hydrogen-bond donors (Lipinski definition) is 5. The molecule has 5 atom stereocenters. The van der Waals surface area contributed by atoms with Crippen LogP contribution in [0.25, 0.3) is 11.2 Å². The second-order valence-electron chi connectivity index (χ2n) is 6.81. The lowest BCUT2D eigenvalue weighted by Gasteiger charge is -2.29. The van der Waals surface area contributed by atoms with Gasteiger partial charge in [0.1, 0.15) is 23.8 Å². The van der Waals surface area contributed by atoms with Crippen molar-refractivity contribution in [2.45, 2.75) is 43.7 Å². The van der Waals surface area contributed by atoms with Crippen LogP contribution in [0.2, 0.25) is 5.28 Å². The maximum atomic E-state index is 12.1. The number of aliphatic hydroxyl groups is 2. The molecule has 1 aliphatic rings. The predicted molar refractivity (Wildman–Crippen MR) is 104 cm³/mol. The average Bonchev–Trinajstić information content (AvgIpc) is 3.21. The van der Waals surface area contributed by atoms with Crippen LogP contribution in [0, 0.1) is 0 Å². The number of anilines is 1. The first-order valence-corrected chi connectivity index (χ1v) is 10.9. The highest BCUT2D eigenvalue weighted by Crippen LogP contribution is 2.52. The summed E-state index contributed by atoms with van der Waals surface area (Å²) in [4.78, 5) is 43.0. The van der Waals surface area contributed by atoms with E-state index in [2.05, 4.69) is 19.7 Å². The van der Waals surface area contributed by atoms with Gasteiger partial charge in [-0.3, -0.25) is 9.13 Å². The van der Waals surface area contributed by atoms with E-state index in [0.717, 1.165) is 6.92 Å². The van der Waals surface area contributed by atoms with Crippen molar-refractivity contribution in [3.05, 3.63) is 11.6 Å². The highest BCUT2D eigenvalue weighted by atomic mass is 35.5. The molecular weight excluding hydrogens is 461 g/mol. The Labute approximate surface area is 180 Å². The number of aromatic nitrogens is 4. The van der Waals surface area contributed by atoms with Gasteiger partial charge in [0.25, 0.3) is 5.34 Å². The highest BCUT2D eigenvalue weighted by molar-refractivity contribution is 7.54. The first kappa shape index (κ1) is 23.8. The summed E-state index contributed by atoms with van der Waals surface area (Å²) in [5.41, 5.74) is 6.06. The molecule has 3 rings (SSSR count). The van der Waals surface area contributed by atoms with E-state index in [9.17, 15) is 29.4 Å². The molecule has 0 aromatic carbocycles. The van der Waals surface area contributed by atoms with Crippen LogP contribution in [0.3, 0.4) is 0 Å². The van der Waals surface area contributed by atoms with Gasteiger partial charge < -0.3 is 39.9 Å². The Hall–Kier alpha value is -1.90. The van der Waals surface area contributed by atoms with Gasteiger partial charge in [-0.1, -0.05) is 0 Å². The molecule has 0 amide bonds. The van der Waals surface area contributed by atoms with Crippen LogP contribution in [0.15, 0.2) is 6.33 Å². The second kappa shape index (κ2) is 8.56. The number of rotatable bonds is 7. The molecule has 0 bridgehead atoms. The van der Waals surface area contributed by atoms with Crippen molar-refractivity contribution in [1.82, 2.24) is 19.5 Å². The van der Waals surface area contributed by atoms with Gasteiger partial charge >= 0.3 is 13.6 Å². The number of ether oxygens (including phenoxy) is 3. The monoisotopic (exact) mass is 481 g/mol. The Bertz CT molecular complexity index is 1030. The third-order valence-electron chi connectivity index (χ3n) is 4.77. The van der Waals surface area contributed by atoms with Crippen molar-refractivity contribution >= 4 is 42.1 Å². The van der Waals surface area contributed by atoms with E-state index in [1.54, 1.807) is 0 Å². The fourth-order valence-corrected chi connectivity index (χ4v) is 3.68. The number of nitrogen functional groups attached to an aromatic ring is 1. The molecule has 1 aliphatic heterocycles. The van der Waals surface area contributed by atoms with Crippen LogP contribution in [0.1, 0.15) is 20.1 Å². The molecule has 0 aliphatic carbocycles. The van der Waals surface area contributed by atoms with Crippen molar-refractivity contribution in [3.63, 3.8) is 0 Å². The standard InChI is InChI=1S/C15H21ClN5O9P/c1-3-28-13(24)15(2,31(25,26)27)29-4-6-8(22)9(23)12(30-6)21-5-18-7-10(17)19-14(16)20-11(7)21/h5-6,8-9,12,22-23H,3-4H2,1-2H3,(H2,17,19,20)(H2,25,26,27)/t6-,8-,9-,12-,15?/m1/s1. The summed E-state index contributed by atoms with van der Waals surface area (Å²) in [6.45, 7) is 1.54. The number of aliphatic hydroxyl groups excluding tert-OH is 2. The van der Waals surface area contributed by atoms with Gasteiger partial charge in [0.15, 0.2) is 17.7 Å². The maximum absolute atomic E-state index is 12.1. The van der Waals surface area contributed by atoms with Crippen LogP contribution in [-0.2, 0) is 23.6 Å². The van der Waals surface area contributed by atoms with Crippen LogP contribution in [0.4, 0.5) is 5.82 Å². The lowest BCUT2D eigenvalue weighted by Crippen LogP contribution is -2.43. The number of hydrogen-bond acceptors (Lipinski definition) is 11. The SMILES string of the molecule is CCOC(=O)C(C)(OC[C@H]1O[C@@H](n2cnc3c(N)nc(Cl)nc32)[C@H](O)[C@@H]1O)P(=O)(O)O. The van der Waals surface area contributed by atoms with E-state index in [0.29, 0.717) is 0 Å². The summed E-state index contributed by atoms with van der Waals surface area (Å²) < 4.78 is 28.6. The fraction of sp³-hybridized carbons (Fsp3) is 0.600. The number of esters is 1. The molecule has 0 spiro atoms. The Kier molecular flexibility index (Phi) is 6.56. The van der Waals surface area contributed by atoms with E-state index in [-0.39, 0.29) is 28.9 Å². The molecule has 0 radical (unpaired) electrons. The average molecular weight is 482 g/mol. The Balaban J connectivity index is 1.83. The molecule has 31 heavy (non-hydrogen) atoms. The third kappa shape index (κ3) is 4.25. The van der Waals surface area contributed by atoms with Gasteiger partial charge in [0.05, 0.1) is 19.5 Å². The van der Waals surface area contributed by atoms with Gasteiger partial charge in [-0.25, -0.2) is 9.78 Å². The number of carbonyl (C=O) groups is 1. The van der Waals surface area contributed by atoms with Crippen molar-refractivity contribution in [2.24, 2.45) is 0 Å². The molecule has 0 saturated carbocycles. The number of fused-ring (bicyclic) bond motifs is 1. The topological polar surface area (TPSA) is 212 Å². The molecule has 14 nitrogen and oxygen atoms in total. The molecule has 172 valence electrons. The smallest absolute Gasteiger partial charge is 0.368 e. The largest absolute Gasteiger partial charge is 0.463 e. The predicted octanol–water partition coefficient (Wildman–Crippen LogP) is -0.845. The summed E-state index contributed by atoms with van der Waals surface area (Å²) in [5.74, 6) is -1.29. The van der Waals surface area contributed by atoms with Gasteiger partial charge in [-0.05, 0) is 25.4 Å². The minimum Gasteiger partial charge on any atom is -0.463 e. The highest BCUT2D eigenvalue weighted by Gasteiger charge is 2.54. The number of halogens is 1. The Morgan fingerprint density at radius 2 is 2.06 bits per heavy atom. The van der Waals surface area contributed by atoms with Crippen LogP contribution < -0.4 is 5.73 Å². The Morgan fingerprint density at radius 1 is 1.39 bits per heavy atom. The molecule has 2 aromatic rings. The van der Waals surface area contributed by atoms with E-state index in [4.69, 9.17) is 26.8 Å². The molecule has 1 saturated heterocycles. The molecule has 6 N–H and O–H groups in total. The van der Waals surface area contributed by atoms with Gasteiger partial charge in [-0.2, -0.15) is 9.97 Å². The number of imidazole rings is 1. The zero-order valence-corrected chi connectivity index (χ0v) is 18.0. The van der Waals surface area contributed by atoms with Crippen molar-refractivity contribution < 1.29 is 43.6 Å². The molecular formula is C15H21ClN5O9P. The fourth-order valence-electron chi connectivity index (χ4n) is 2.96. The number of nitrogens with zero attached hydrogens (tertiary/aromatic N) is 4. The van der Waals surface area contributed by atoms with Crippen LogP contribution >= 0.6 is 19.2 Å². The van der Waals surface area contributed by atoms with Gasteiger partial charge in [0.2, 0.25) is 5.28 Å². The summed E-state index contributed by atoms with van der Waals surface area (Å²) in [5, 5.41) is 18.0. The zero-order chi connectivity index (χ0) is 23.1. The lowest BCUT2D eigenvalue weighted by molar-refractivity contribution is -0.166. The summed E-state index contributed by atoms with van der Waals surface area (Å²) in [7, 11) is -5.13. The van der Waals surface area contributed by atoms with E-state index >= 15 is 0 Å². The molecule has 1 unspecified atom stereocenters. The van der Waals surface area contributed by atoms with E-state index in [1.807, 2.05) is 0 Å². The van der Waals surface area contributed by atoms with Crippen molar-refractivity contribution in [2.75, 3.05) is 18.9 Å². The summed E-state index contributed by atoms with van der Waals surface area (Å²) in [6, 6.07) is 0. The molecule has 1 fully saturated rings. The molecule has 2 aromatic heterocycles. The molecule has 16 heteroatoms. The van der Waals surface area contributed by atoms with Gasteiger partial charge in [-0.15, -0.1) is 0 Å². The second-order valence-corrected chi connectivity index (χ2v) is 9.09. The first-order valence-electron chi connectivity index (χ1n) is 8.94. The minimum absolute atomic E-state index is 0.00600. The summed E-state index contributed by atoms with van der Waals surface area (Å²) in [6.07, 6.45) is -4.30. The quantitative estimate of drug-likeness (QED) is 0.185. The zero-order valence-electron chi connectivity index (χ0n) is 16.3. The Morgan fingerprint density at radius 3 is 2.68 bits per heavy atom. The summed E-state index contributed by atoms with van der Waals surface area (Å²) >= 11 is 5.82. The van der Waals surface area contributed by atoms with Crippen LogP contribution in [0.5, 0.6) is 0 Å². The molecule has 3 heterocycles. The first-order chi connectivity index (χ1) is 14.4. The third-order valence-corrected chi connectivity index (χ3v) is 6.36. The van der Waals surface area contributed by atoms with E-state index < -0.39 is 50.1 Å². The lowest BCUT2D eigenvalue weighted by atomic mass is 10.1. The normalized spacial score (nSPS) is 26.2. The number of carbonyl (C=O) groups excluding carboxylic acids is 1. The van der Waals surface area contributed by atoms with Crippen molar-refractivity contribution in [1.29, 1.82) is 0 Å².